The zero-order chi connectivity index (χ0) is 14.3. The van der Waals surface area contributed by atoms with E-state index in [1.54, 1.807) is 31.6 Å². The third kappa shape index (κ3) is 2.06. The lowest BCUT2D eigenvalue weighted by molar-refractivity contribution is 0.227. The van der Waals surface area contributed by atoms with Crippen molar-refractivity contribution in [1.82, 2.24) is 9.30 Å². The largest absolute Gasteiger partial charge is 0.375 e. The van der Waals surface area contributed by atoms with Gasteiger partial charge in [-0.3, -0.25) is 4.79 Å². The number of fused-ring (bicyclic) bond motifs is 1. The van der Waals surface area contributed by atoms with Crippen LogP contribution in [0.2, 0.25) is 5.02 Å². The number of hydrogen-bond donors (Lipinski definition) is 0. The molecular weight excluding hydrogens is 283 g/mol. The molecule has 0 N–H and O–H groups in total. The van der Waals surface area contributed by atoms with Gasteiger partial charge in [0.1, 0.15) is 5.82 Å². The maximum atomic E-state index is 13.4. The first-order chi connectivity index (χ1) is 9.56. The minimum Gasteiger partial charge on any atom is -0.375 e. The van der Waals surface area contributed by atoms with Crippen molar-refractivity contribution in [1.29, 1.82) is 0 Å². The predicted molar refractivity (Wildman–Crippen MR) is 74.6 cm³/mol. The third-order valence-electron chi connectivity index (χ3n) is 2.98. The highest BCUT2D eigenvalue weighted by atomic mass is 35.5. The van der Waals surface area contributed by atoms with Gasteiger partial charge in [0.2, 0.25) is 0 Å². The van der Waals surface area contributed by atoms with Crippen LogP contribution in [-0.2, 0) is 7.05 Å². The Balaban J connectivity index is 2.09. The van der Waals surface area contributed by atoms with Crippen LogP contribution in [0.5, 0.6) is 5.75 Å². The van der Waals surface area contributed by atoms with Crippen molar-refractivity contribution in [3.63, 3.8) is 0 Å². The molecule has 0 atom stereocenters. The van der Waals surface area contributed by atoms with E-state index in [1.807, 2.05) is 0 Å². The van der Waals surface area contributed by atoms with Crippen LogP contribution in [0, 0.1) is 5.82 Å². The Morgan fingerprint density at radius 3 is 2.70 bits per heavy atom. The van der Waals surface area contributed by atoms with Gasteiger partial charge in [0.15, 0.2) is 11.3 Å². The lowest BCUT2D eigenvalue weighted by atomic mass is 10.3. The summed E-state index contributed by atoms with van der Waals surface area (Å²) in [7, 11) is 1.65. The normalized spacial score (nSPS) is 10.9. The second-order valence-corrected chi connectivity index (χ2v) is 4.75. The Bertz CT molecular complexity index is 854. The maximum Gasteiger partial charge on any atom is 0.278 e. The highest BCUT2D eigenvalue weighted by Gasteiger charge is 2.09. The average molecular weight is 293 g/mol. The van der Waals surface area contributed by atoms with Gasteiger partial charge in [0.05, 0.1) is 5.02 Å². The fourth-order valence-corrected chi connectivity index (χ4v) is 2.05. The number of rotatable bonds is 2. The minimum atomic E-state index is -0.575. The van der Waals surface area contributed by atoms with Gasteiger partial charge < -0.3 is 9.40 Å². The molecule has 3 rings (SSSR count). The van der Waals surface area contributed by atoms with Gasteiger partial charge >= 0.3 is 0 Å². The Morgan fingerprint density at radius 1 is 1.20 bits per heavy atom. The van der Waals surface area contributed by atoms with Crippen molar-refractivity contribution in [2.24, 2.45) is 7.05 Å². The quantitative estimate of drug-likeness (QED) is 0.728. The molecular formula is C14H10ClFN2O2. The van der Waals surface area contributed by atoms with Crippen LogP contribution >= 0.6 is 11.6 Å². The monoisotopic (exact) mass is 292 g/mol. The molecule has 2 heterocycles. The summed E-state index contributed by atoms with van der Waals surface area (Å²) in [6.45, 7) is 0. The van der Waals surface area contributed by atoms with Crippen LogP contribution in [-0.4, -0.2) is 9.30 Å². The fraction of sp³-hybridized carbons (Fsp3) is 0.0714. The number of benzene rings is 1. The first-order valence-corrected chi connectivity index (χ1v) is 6.24. The van der Waals surface area contributed by atoms with Gasteiger partial charge in [-0.2, -0.15) is 4.73 Å². The van der Waals surface area contributed by atoms with Gasteiger partial charge in [-0.1, -0.05) is 11.6 Å². The molecule has 0 saturated heterocycles. The summed E-state index contributed by atoms with van der Waals surface area (Å²) in [5.74, 6) is -0.316. The van der Waals surface area contributed by atoms with E-state index in [1.165, 1.54) is 27.5 Å². The van der Waals surface area contributed by atoms with Crippen molar-refractivity contribution in [3.8, 4) is 5.75 Å². The smallest absolute Gasteiger partial charge is 0.278 e. The molecule has 102 valence electrons. The van der Waals surface area contributed by atoms with E-state index in [-0.39, 0.29) is 16.3 Å². The van der Waals surface area contributed by atoms with Crippen LogP contribution in [0.1, 0.15) is 0 Å². The van der Waals surface area contributed by atoms with Crippen LogP contribution in [0.15, 0.2) is 47.5 Å². The number of halogens is 2. The SMILES string of the molecule is Cn1ccc2ccn(Oc3ccc(Cl)c(F)c3)c2c1=O. The van der Waals surface area contributed by atoms with Gasteiger partial charge in [-0.05, 0) is 24.3 Å². The summed E-state index contributed by atoms with van der Waals surface area (Å²) < 4.78 is 16.1. The maximum absolute atomic E-state index is 13.4. The molecule has 1 aromatic carbocycles. The zero-order valence-corrected chi connectivity index (χ0v) is 11.3. The molecule has 0 radical (unpaired) electrons. The number of aromatic nitrogens is 2. The molecule has 6 heteroatoms. The van der Waals surface area contributed by atoms with E-state index in [2.05, 4.69) is 0 Å². The van der Waals surface area contributed by atoms with Crippen LogP contribution in [0.4, 0.5) is 4.39 Å². The van der Waals surface area contributed by atoms with E-state index in [9.17, 15) is 9.18 Å². The van der Waals surface area contributed by atoms with Crippen LogP contribution in [0.3, 0.4) is 0 Å². The molecule has 0 unspecified atom stereocenters. The molecule has 2 aromatic heterocycles. The summed E-state index contributed by atoms with van der Waals surface area (Å²) in [5, 5.41) is 0.771. The minimum absolute atomic E-state index is 0.0191. The van der Waals surface area contributed by atoms with Gasteiger partial charge in [-0.15, -0.1) is 0 Å². The molecule has 0 spiro atoms. The standard InChI is InChI=1S/C14H10ClFN2O2/c1-17-6-4-9-5-7-18(13(9)14(17)19)20-10-2-3-11(15)12(16)8-10/h2-8H,1H3. The number of nitrogens with zero attached hydrogens (tertiary/aromatic N) is 2. The van der Waals surface area contributed by atoms with Crippen LogP contribution < -0.4 is 10.4 Å². The lowest BCUT2D eigenvalue weighted by Gasteiger charge is -2.08. The van der Waals surface area contributed by atoms with E-state index in [4.69, 9.17) is 16.4 Å². The number of aryl methyl sites for hydroxylation is 1. The predicted octanol–water partition coefficient (Wildman–Crippen LogP) is 2.97. The molecule has 0 bridgehead atoms. The summed E-state index contributed by atoms with van der Waals surface area (Å²) in [4.78, 5) is 17.6. The summed E-state index contributed by atoms with van der Waals surface area (Å²) in [6, 6.07) is 7.66. The second-order valence-electron chi connectivity index (χ2n) is 4.34. The summed E-state index contributed by atoms with van der Waals surface area (Å²) in [6.07, 6.45) is 3.29. The van der Waals surface area contributed by atoms with Gasteiger partial charge in [-0.25, -0.2) is 4.39 Å². The van der Waals surface area contributed by atoms with E-state index < -0.39 is 5.82 Å². The van der Waals surface area contributed by atoms with Gasteiger partial charge in [0.25, 0.3) is 5.56 Å². The first kappa shape index (κ1) is 12.7. The zero-order valence-electron chi connectivity index (χ0n) is 10.5. The summed E-state index contributed by atoms with van der Waals surface area (Å²) in [5.41, 5.74) is 0.201. The number of pyridine rings is 1. The second kappa shape index (κ2) is 4.68. The van der Waals surface area contributed by atoms with Crippen LogP contribution in [0.25, 0.3) is 10.9 Å². The van der Waals surface area contributed by atoms with Crippen molar-refractivity contribution >= 4 is 22.5 Å². The Morgan fingerprint density at radius 2 is 1.95 bits per heavy atom. The molecule has 0 aliphatic carbocycles. The molecule has 0 saturated carbocycles. The highest BCUT2D eigenvalue weighted by Crippen LogP contribution is 2.21. The molecule has 4 nitrogen and oxygen atoms in total. The van der Waals surface area contributed by atoms with Crippen molar-refractivity contribution < 1.29 is 9.23 Å². The fourth-order valence-electron chi connectivity index (χ4n) is 1.93. The molecule has 0 amide bonds. The first-order valence-electron chi connectivity index (χ1n) is 5.86. The van der Waals surface area contributed by atoms with E-state index in [0.29, 0.717) is 5.52 Å². The molecule has 0 aliphatic heterocycles. The Hall–Kier alpha value is -2.27. The summed E-state index contributed by atoms with van der Waals surface area (Å²) >= 11 is 5.61. The van der Waals surface area contributed by atoms with E-state index >= 15 is 0 Å². The molecule has 0 fully saturated rings. The van der Waals surface area contributed by atoms with Crippen molar-refractivity contribution in [3.05, 3.63) is 63.9 Å². The lowest BCUT2D eigenvalue weighted by Crippen LogP contribution is -2.19. The molecule has 0 aliphatic rings. The van der Waals surface area contributed by atoms with E-state index in [0.717, 1.165) is 5.39 Å². The van der Waals surface area contributed by atoms with Crippen molar-refractivity contribution in [2.75, 3.05) is 0 Å². The molecule has 3 aromatic rings. The third-order valence-corrected chi connectivity index (χ3v) is 3.29. The Kier molecular flexibility index (Phi) is 2.99. The van der Waals surface area contributed by atoms with Crippen molar-refractivity contribution in [2.45, 2.75) is 0 Å². The highest BCUT2D eigenvalue weighted by molar-refractivity contribution is 6.30. The number of hydrogen-bond acceptors (Lipinski definition) is 2. The van der Waals surface area contributed by atoms with Gasteiger partial charge in [0, 0.05) is 30.9 Å². The Labute approximate surface area is 118 Å². The topological polar surface area (TPSA) is 36.2 Å². The molecule has 20 heavy (non-hydrogen) atoms. The average Bonchev–Trinajstić information content (AvgIpc) is 2.82.